The molecule has 0 aromatic carbocycles. The van der Waals surface area contributed by atoms with Crippen molar-refractivity contribution in [3.05, 3.63) is 0 Å². The molecular formula is C14H28N2. The minimum absolute atomic E-state index is 0.512. The average molecular weight is 224 g/mol. The highest BCUT2D eigenvalue weighted by atomic mass is 15.1. The molecule has 0 aromatic heterocycles. The molecule has 2 nitrogen and oxygen atoms in total. The normalized spacial score (nSPS) is 24.9. The molecule has 0 bridgehead atoms. The Kier molecular flexibility index (Phi) is 3.91. The van der Waals surface area contributed by atoms with E-state index in [2.05, 4.69) is 31.0 Å². The molecule has 1 saturated carbocycles. The van der Waals surface area contributed by atoms with E-state index in [0.717, 1.165) is 12.0 Å². The van der Waals surface area contributed by atoms with Crippen LogP contribution in [-0.2, 0) is 0 Å². The van der Waals surface area contributed by atoms with Crippen molar-refractivity contribution < 1.29 is 0 Å². The van der Waals surface area contributed by atoms with Gasteiger partial charge in [0.1, 0.15) is 0 Å². The second-order valence-corrected chi connectivity index (χ2v) is 6.71. The Balaban J connectivity index is 1.60. The van der Waals surface area contributed by atoms with Crippen molar-refractivity contribution in [3.63, 3.8) is 0 Å². The zero-order valence-corrected chi connectivity index (χ0v) is 11.3. The van der Waals surface area contributed by atoms with Gasteiger partial charge in [-0.05, 0) is 50.1 Å². The molecule has 0 spiro atoms. The molecule has 0 atom stereocenters. The Hall–Kier alpha value is -0.0800. The van der Waals surface area contributed by atoms with Crippen molar-refractivity contribution >= 4 is 0 Å². The van der Waals surface area contributed by atoms with Crippen LogP contribution in [0.3, 0.4) is 0 Å². The molecule has 0 amide bonds. The van der Waals surface area contributed by atoms with Crippen LogP contribution in [0.15, 0.2) is 0 Å². The highest BCUT2D eigenvalue weighted by Crippen LogP contribution is 2.34. The fraction of sp³-hybridized carbons (Fsp3) is 1.00. The van der Waals surface area contributed by atoms with Crippen molar-refractivity contribution in [3.8, 4) is 0 Å². The first-order chi connectivity index (χ1) is 7.55. The van der Waals surface area contributed by atoms with Crippen LogP contribution >= 0.6 is 0 Å². The molecule has 94 valence electrons. The van der Waals surface area contributed by atoms with Crippen LogP contribution in [0, 0.1) is 11.3 Å². The lowest BCUT2D eigenvalue weighted by atomic mass is 9.75. The summed E-state index contributed by atoms with van der Waals surface area (Å²) in [6, 6.07) is 0.868. The summed E-state index contributed by atoms with van der Waals surface area (Å²) < 4.78 is 0. The van der Waals surface area contributed by atoms with Gasteiger partial charge in [-0.3, -0.25) is 0 Å². The molecule has 0 radical (unpaired) electrons. The summed E-state index contributed by atoms with van der Waals surface area (Å²) >= 11 is 0. The van der Waals surface area contributed by atoms with Crippen molar-refractivity contribution in [1.82, 2.24) is 10.2 Å². The minimum atomic E-state index is 0.512. The van der Waals surface area contributed by atoms with Crippen LogP contribution in [0.5, 0.6) is 0 Å². The van der Waals surface area contributed by atoms with E-state index in [0.29, 0.717) is 5.41 Å². The monoisotopic (exact) mass is 224 g/mol. The predicted octanol–water partition coefficient (Wildman–Crippen LogP) is 2.50. The Morgan fingerprint density at radius 1 is 1.06 bits per heavy atom. The Morgan fingerprint density at radius 3 is 2.19 bits per heavy atom. The van der Waals surface area contributed by atoms with E-state index >= 15 is 0 Å². The van der Waals surface area contributed by atoms with Crippen molar-refractivity contribution in [1.29, 1.82) is 0 Å². The van der Waals surface area contributed by atoms with Gasteiger partial charge in [-0.2, -0.15) is 0 Å². The van der Waals surface area contributed by atoms with E-state index in [1.165, 1.54) is 51.9 Å². The largest absolute Gasteiger partial charge is 0.313 e. The molecule has 0 unspecified atom stereocenters. The van der Waals surface area contributed by atoms with E-state index in [1.807, 2.05) is 0 Å². The number of nitrogens with one attached hydrogen (secondary N) is 1. The third-order valence-corrected chi connectivity index (χ3v) is 4.25. The van der Waals surface area contributed by atoms with Gasteiger partial charge in [0, 0.05) is 19.1 Å². The molecular weight excluding hydrogens is 196 g/mol. The third-order valence-electron chi connectivity index (χ3n) is 4.25. The second kappa shape index (κ2) is 5.05. The molecule has 2 aliphatic rings. The first-order valence-corrected chi connectivity index (χ1v) is 7.01. The molecule has 2 heteroatoms. The van der Waals surface area contributed by atoms with Crippen LogP contribution in [0.25, 0.3) is 0 Å². The summed E-state index contributed by atoms with van der Waals surface area (Å²) in [4.78, 5) is 2.64. The quantitative estimate of drug-likeness (QED) is 0.789. The second-order valence-electron chi connectivity index (χ2n) is 6.71. The van der Waals surface area contributed by atoms with Crippen LogP contribution in [0.1, 0.15) is 46.5 Å². The zero-order valence-electron chi connectivity index (χ0n) is 11.3. The van der Waals surface area contributed by atoms with Gasteiger partial charge in [-0.25, -0.2) is 0 Å². The van der Waals surface area contributed by atoms with Gasteiger partial charge in [0.2, 0.25) is 0 Å². The van der Waals surface area contributed by atoms with Crippen molar-refractivity contribution in [2.45, 2.75) is 52.5 Å². The predicted molar refractivity (Wildman–Crippen MR) is 69.6 cm³/mol. The molecule has 16 heavy (non-hydrogen) atoms. The Morgan fingerprint density at radius 2 is 1.69 bits per heavy atom. The van der Waals surface area contributed by atoms with Crippen LogP contribution in [0.2, 0.25) is 0 Å². The SMILES string of the molecule is CC(C)(C)C1CCN(CCNC2CC2)CC1. The van der Waals surface area contributed by atoms with E-state index < -0.39 is 0 Å². The van der Waals surface area contributed by atoms with E-state index in [1.54, 1.807) is 0 Å². The fourth-order valence-corrected chi connectivity index (χ4v) is 2.74. The van der Waals surface area contributed by atoms with Gasteiger partial charge < -0.3 is 10.2 Å². The van der Waals surface area contributed by atoms with Crippen LogP contribution < -0.4 is 5.32 Å². The molecule has 2 fully saturated rings. The number of piperidine rings is 1. The van der Waals surface area contributed by atoms with E-state index in [9.17, 15) is 0 Å². The molecule has 1 heterocycles. The lowest BCUT2D eigenvalue weighted by Gasteiger charge is -2.38. The van der Waals surface area contributed by atoms with Crippen molar-refractivity contribution in [2.24, 2.45) is 11.3 Å². The summed E-state index contributed by atoms with van der Waals surface area (Å²) in [5.41, 5.74) is 0.512. The van der Waals surface area contributed by atoms with Crippen LogP contribution in [0.4, 0.5) is 0 Å². The van der Waals surface area contributed by atoms with Crippen molar-refractivity contribution in [2.75, 3.05) is 26.2 Å². The van der Waals surface area contributed by atoms with E-state index in [4.69, 9.17) is 0 Å². The maximum absolute atomic E-state index is 3.60. The molecule has 1 aliphatic carbocycles. The summed E-state index contributed by atoms with van der Waals surface area (Å²) in [6.45, 7) is 12.3. The number of nitrogens with zero attached hydrogens (tertiary/aromatic N) is 1. The molecule has 1 aliphatic heterocycles. The van der Waals surface area contributed by atoms with E-state index in [-0.39, 0.29) is 0 Å². The molecule has 2 rings (SSSR count). The number of hydrogen-bond acceptors (Lipinski definition) is 2. The van der Waals surface area contributed by atoms with Gasteiger partial charge in [0.15, 0.2) is 0 Å². The fourth-order valence-electron chi connectivity index (χ4n) is 2.74. The summed E-state index contributed by atoms with van der Waals surface area (Å²) in [7, 11) is 0. The molecule has 1 saturated heterocycles. The maximum Gasteiger partial charge on any atom is 0.0107 e. The first kappa shape index (κ1) is 12.4. The smallest absolute Gasteiger partial charge is 0.0107 e. The average Bonchev–Trinajstić information content (AvgIpc) is 3.01. The zero-order chi connectivity index (χ0) is 11.6. The molecule has 1 N–H and O–H groups in total. The summed E-state index contributed by atoms with van der Waals surface area (Å²) in [5, 5.41) is 3.60. The Labute approximate surface area is 101 Å². The summed E-state index contributed by atoms with van der Waals surface area (Å²) in [5.74, 6) is 0.931. The topological polar surface area (TPSA) is 15.3 Å². The lowest BCUT2D eigenvalue weighted by molar-refractivity contribution is 0.113. The van der Waals surface area contributed by atoms with Gasteiger partial charge >= 0.3 is 0 Å². The Bertz CT molecular complexity index is 207. The minimum Gasteiger partial charge on any atom is -0.313 e. The number of likely N-dealkylation sites (tertiary alicyclic amines) is 1. The highest BCUT2D eigenvalue weighted by Gasteiger charge is 2.28. The summed E-state index contributed by atoms with van der Waals surface area (Å²) in [6.07, 6.45) is 5.61. The van der Waals surface area contributed by atoms with Gasteiger partial charge in [0.05, 0.1) is 0 Å². The third kappa shape index (κ3) is 3.74. The van der Waals surface area contributed by atoms with Crippen LogP contribution in [-0.4, -0.2) is 37.1 Å². The lowest BCUT2D eigenvalue weighted by Crippen LogP contribution is -2.41. The van der Waals surface area contributed by atoms with Gasteiger partial charge in [0.25, 0.3) is 0 Å². The van der Waals surface area contributed by atoms with Gasteiger partial charge in [-0.15, -0.1) is 0 Å². The number of hydrogen-bond donors (Lipinski definition) is 1. The highest BCUT2D eigenvalue weighted by molar-refractivity contribution is 4.83. The maximum atomic E-state index is 3.60. The number of rotatable bonds is 4. The van der Waals surface area contributed by atoms with Gasteiger partial charge in [-0.1, -0.05) is 20.8 Å². The molecule has 0 aromatic rings. The first-order valence-electron chi connectivity index (χ1n) is 7.01. The standard InChI is InChI=1S/C14H28N2/c1-14(2,3)12-6-9-16(10-7-12)11-8-15-13-4-5-13/h12-13,15H,4-11H2,1-3H3.